The van der Waals surface area contributed by atoms with Crippen LogP contribution in [0.5, 0.6) is 0 Å². The van der Waals surface area contributed by atoms with Crippen molar-refractivity contribution in [2.24, 2.45) is 5.73 Å². The number of unbranched alkanes of at least 4 members (excludes halogenated alkanes) is 2. The minimum atomic E-state index is 0. The van der Waals surface area contributed by atoms with Crippen molar-refractivity contribution in [1.82, 2.24) is 19.3 Å². The van der Waals surface area contributed by atoms with Crippen molar-refractivity contribution in [3.05, 3.63) is 84.9 Å². The molecule has 0 unspecified atom stereocenters. The van der Waals surface area contributed by atoms with Gasteiger partial charge in [0.15, 0.2) is 0 Å². The minimum absolute atomic E-state index is 0. The van der Waals surface area contributed by atoms with E-state index < -0.39 is 0 Å². The quantitative estimate of drug-likeness (QED) is 0.340. The first-order valence-electron chi connectivity index (χ1n) is 10.2. The van der Waals surface area contributed by atoms with Gasteiger partial charge in [-0.25, -0.2) is 4.98 Å². The standard InChI is InChI=1S/C24H27N5.2ClH/c25-13-5-2-6-15-28-19-26-23(21-10-3-1-4-11-21)24(28)22-12-7-9-20(17-22)18-29-16-8-14-27-29;;/h1,3-4,7-12,14,16-17,19H,2,5-6,13,15,18,25H2;2*1H. The average Bonchev–Trinajstić information content (AvgIpc) is 3.42. The maximum absolute atomic E-state index is 5.65. The fourth-order valence-electron chi connectivity index (χ4n) is 3.66. The zero-order valence-electron chi connectivity index (χ0n) is 17.4. The Bertz CT molecular complexity index is 1030. The Labute approximate surface area is 196 Å². The number of aromatic nitrogens is 4. The van der Waals surface area contributed by atoms with E-state index in [1.54, 1.807) is 0 Å². The van der Waals surface area contributed by atoms with Gasteiger partial charge in [-0.2, -0.15) is 5.10 Å². The number of nitrogens with two attached hydrogens (primary N) is 1. The lowest BCUT2D eigenvalue weighted by molar-refractivity contribution is 0.594. The van der Waals surface area contributed by atoms with E-state index in [0.717, 1.165) is 50.2 Å². The van der Waals surface area contributed by atoms with Gasteiger partial charge in [-0.1, -0.05) is 55.0 Å². The van der Waals surface area contributed by atoms with Gasteiger partial charge < -0.3 is 10.3 Å². The topological polar surface area (TPSA) is 61.7 Å². The van der Waals surface area contributed by atoms with Gasteiger partial charge in [0.25, 0.3) is 0 Å². The number of hydrogen-bond donors (Lipinski definition) is 1. The largest absolute Gasteiger partial charge is 0.330 e. The molecule has 4 aromatic rings. The number of nitrogens with zero attached hydrogens (tertiary/aromatic N) is 4. The van der Waals surface area contributed by atoms with E-state index in [2.05, 4.69) is 58.2 Å². The first-order valence-corrected chi connectivity index (χ1v) is 10.2. The molecular formula is C24H29Cl2N5. The molecule has 0 bridgehead atoms. The molecule has 2 heterocycles. The molecule has 0 saturated carbocycles. The van der Waals surface area contributed by atoms with Gasteiger partial charge in [0.1, 0.15) is 0 Å². The Kier molecular flexibility index (Phi) is 9.79. The highest BCUT2D eigenvalue weighted by molar-refractivity contribution is 5.85. The van der Waals surface area contributed by atoms with Crippen molar-refractivity contribution in [3.8, 4) is 22.5 Å². The molecule has 31 heavy (non-hydrogen) atoms. The number of rotatable bonds is 9. The number of benzene rings is 2. The molecule has 164 valence electrons. The minimum Gasteiger partial charge on any atom is -0.330 e. The van der Waals surface area contributed by atoms with Crippen molar-refractivity contribution in [3.63, 3.8) is 0 Å². The summed E-state index contributed by atoms with van der Waals surface area (Å²) < 4.78 is 4.23. The van der Waals surface area contributed by atoms with Crippen LogP contribution in [0.1, 0.15) is 24.8 Å². The smallest absolute Gasteiger partial charge is 0.0963 e. The summed E-state index contributed by atoms with van der Waals surface area (Å²) in [7, 11) is 0. The van der Waals surface area contributed by atoms with Crippen molar-refractivity contribution in [1.29, 1.82) is 0 Å². The third-order valence-electron chi connectivity index (χ3n) is 5.09. The van der Waals surface area contributed by atoms with Gasteiger partial charge >= 0.3 is 0 Å². The number of halogens is 2. The van der Waals surface area contributed by atoms with Crippen molar-refractivity contribution >= 4 is 24.8 Å². The Morgan fingerprint density at radius 2 is 1.65 bits per heavy atom. The fourth-order valence-corrected chi connectivity index (χ4v) is 3.66. The van der Waals surface area contributed by atoms with Crippen LogP contribution in [0.25, 0.3) is 22.5 Å². The van der Waals surface area contributed by atoms with Crippen molar-refractivity contribution in [2.45, 2.75) is 32.4 Å². The third kappa shape index (κ3) is 6.20. The molecule has 0 radical (unpaired) electrons. The lowest BCUT2D eigenvalue weighted by Gasteiger charge is -2.12. The highest BCUT2D eigenvalue weighted by Gasteiger charge is 2.15. The van der Waals surface area contributed by atoms with Gasteiger partial charge in [-0.05, 0) is 37.1 Å². The molecular weight excluding hydrogens is 429 g/mol. The van der Waals surface area contributed by atoms with Crippen LogP contribution >= 0.6 is 24.8 Å². The summed E-state index contributed by atoms with van der Waals surface area (Å²) >= 11 is 0. The summed E-state index contributed by atoms with van der Waals surface area (Å²) in [6, 6.07) is 21.1. The molecule has 0 amide bonds. The number of aryl methyl sites for hydroxylation is 1. The zero-order valence-corrected chi connectivity index (χ0v) is 19.1. The second-order valence-electron chi connectivity index (χ2n) is 7.25. The third-order valence-corrected chi connectivity index (χ3v) is 5.09. The SMILES string of the molecule is Cl.Cl.NCCCCCn1cnc(-c2ccccc2)c1-c1cccc(Cn2cccn2)c1. The van der Waals surface area contributed by atoms with Crippen LogP contribution in [0.2, 0.25) is 0 Å². The molecule has 5 nitrogen and oxygen atoms in total. The molecule has 2 aromatic carbocycles. The van der Waals surface area contributed by atoms with Crippen LogP contribution < -0.4 is 5.73 Å². The maximum Gasteiger partial charge on any atom is 0.0963 e. The molecule has 0 aliphatic heterocycles. The van der Waals surface area contributed by atoms with Crippen molar-refractivity contribution in [2.75, 3.05) is 6.54 Å². The predicted molar refractivity (Wildman–Crippen MR) is 132 cm³/mol. The summed E-state index contributed by atoms with van der Waals surface area (Å²) in [5.41, 5.74) is 11.4. The van der Waals surface area contributed by atoms with Crippen molar-refractivity contribution < 1.29 is 0 Å². The van der Waals surface area contributed by atoms with E-state index in [-0.39, 0.29) is 24.8 Å². The summed E-state index contributed by atoms with van der Waals surface area (Å²) in [4.78, 5) is 4.79. The molecule has 0 saturated heterocycles. The normalized spacial score (nSPS) is 10.4. The summed E-state index contributed by atoms with van der Waals surface area (Å²) in [5.74, 6) is 0. The molecule has 7 heteroatoms. The molecule has 2 N–H and O–H groups in total. The molecule has 0 fully saturated rings. The summed E-state index contributed by atoms with van der Waals surface area (Å²) in [6.45, 7) is 2.45. The number of hydrogen-bond acceptors (Lipinski definition) is 3. The monoisotopic (exact) mass is 457 g/mol. The lowest BCUT2D eigenvalue weighted by Crippen LogP contribution is -2.03. The van der Waals surface area contributed by atoms with Crippen LogP contribution in [0, 0.1) is 0 Å². The molecule has 0 aliphatic rings. The molecule has 4 rings (SSSR count). The molecule has 0 aliphatic carbocycles. The molecule has 0 atom stereocenters. The summed E-state index contributed by atoms with van der Waals surface area (Å²) in [6.07, 6.45) is 9.07. The Balaban J connectivity index is 0.00000171. The Morgan fingerprint density at radius 1 is 0.839 bits per heavy atom. The molecule has 0 spiro atoms. The van der Waals surface area contributed by atoms with Gasteiger partial charge in [0, 0.05) is 30.1 Å². The number of imidazole rings is 1. The van der Waals surface area contributed by atoms with Gasteiger partial charge in [0.2, 0.25) is 0 Å². The summed E-state index contributed by atoms with van der Waals surface area (Å²) in [5, 5.41) is 4.33. The maximum atomic E-state index is 5.65. The van der Waals surface area contributed by atoms with E-state index in [0.29, 0.717) is 0 Å². The zero-order chi connectivity index (χ0) is 19.9. The van der Waals surface area contributed by atoms with Crippen LogP contribution in [0.4, 0.5) is 0 Å². The highest BCUT2D eigenvalue weighted by atomic mass is 35.5. The fraction of sp³-hybridized carbons (Fsp3) is 0.250. The predicted octanol–water partition coefficient (Wildman–Crippen LogP) is 5.43. The van der Waals surface area contributed by atoms with Gasteiger partial charge in [-0.15, -0.1) is 24.8 Å². The lowest BCUT2D eigenvalue weighted by atomic mass is 10.0. The van der Waals surface area contributed by atoms with E-state index in [4.69, 9.17) is 10.7 Å². The molecule has 2 aromatic heterocycles. The second-order valence-corrected chi connectivity index (χ2v) is 7.25. The van der Waals surface area contributed by atoms with Crippen LogP contribution in [0.3, 0.4) is 0 Å². The van der Waals surface area contributed by atoms with E-state index >= 15 is 0 Å². The van der Waals surface area contributed by atoms with Gasteiger partial charge in [-0.3, -0.25) is 4.68 Å². The van der Waals surface area contributed by atoms with Crippen LogP contribution in [-0.4, -0.2) is 25.9 Å². The van der Waals surface area contributed by atoms with Crippen LogP contribution in [0.15, 0.2) is 79.4 Å². The first kappa shape index (κ1) is 24.7. The van der Waals surface area contributed by atoms with E-state index in [1.165, 1.54) is 16.8 Å². The first-order chi connectivity index (χ1) is 14.3. The van der Waals surface area contributed by atoms with E-state index in [9.17, 15) is 0 Å². The average molecular weight is 458 g/mol. The van der Waals surface area contributed by atoms with Crippen LogP contribution in [-0.2, 0) is 13.1 Å². The second kappa shape index (κ2) is 12.3. The highest BCUT2D eigenvalue weighted by Crippen LogP contribution is 2.32. The Morgan fingerprint density at radius 3 is 2.39 bits per heavy atom. The van der Waals surface area contributed by atoms with E-state index in [1.807, 2.05) is 35.5 Å². The Hall–Kier alpha value is -2.60. The van der Waals surface area contributed by atoms with Gasteiger partial charge in [0.05, 0.1) is 24.3 Å².